The predicted octanol–water partition coefficient (Wildman–Crippen LogP) is 0.889. The Morgan fingerprint density at radius 1 is 1.64 bits per heavy atom. The molecule has 0 aliphatic heterocycles. The monoisotopic (exact) mass is 196 g/mol. The molecule has 0 bridgehead atoms. The number of hydrogen-bond acceptors (Lipinski definition) is 2. The SMILES string of the molecule is C#CCCC(=O)NC(C)(CN)C(C)C. The van der Waals surface area contributed by atoms with E-state index in [-0.39, 0.29) is 11.4 Å². The quantitative estimate of drug-likeness (QED) is 0.642. The van der Waals surface area contributed by atoms with E-state index in [0.29, 0.717) is 25.3 Å². The molecule has 0 aromatic heterocycles. The van der Waals surface area contributed by atoms with E-state index < -0.39 is 0 Å². The van der Waals surface area contributed by atoms with Crippen LogP contribution in [0.5, 0.6) is 0 Å². The third-order valence-corrected chi connectivity index (χ3v) is 2.62. The average molecular weight is 196 g/mol. The molecule has 0 spiro atoms. The van der Waals surface area contributed by atoms with Crippen LogP contribution in [0.2, 0.25) is 0 Å². The molecule has 0 rings (SSSR count). The zero-order chi connectivity index (χ0) is 11.2. The van der Waals surface area contributed by atoms with E-state index in [1.807, 2.05) is 20.8 Å². The second-order valence-electron chi connectivity index (χ2n) is 4.03. The first-order valence-corrected chi connectivity index (χ1v) is 4.91. The van der Waals surface area contributed by atoms with Crippen molar-refractivity contribution < 1.29 is 4.79 Å². The molecule has 0 aromatic carbocycles. The summed E-state index contributed by atoms with van der Waals surface area (Å²) in [6.07, 6.45) is 5.93. The van der Waals surface area contributed by atoms with Crippen molar-refractivity contribution in [3.8, 4) is 12.3 Å². The Morgan fingerprint density at radius 2 is 2.21 bits per heavy atom. The molecule has 0 aliphatic carbocycles. The molecule has 3 N–H and O–H groups in total. The smallest absolute Gasteiger partial charge is 0.221 e. The van der Waals surface area contributed by atoms with Gasteiger partial charge in [-0.3, -0.25) is 4.79 Å². The molecule has 80 valence electrons. The van der Waals surface area contributed by atoms with Crippen LogP contribution < -0.4 is 11.1 Å². The lowest BCUT2D eigenvalue weighted by atomic mass is 9.88. The molecule has 14 heavy (non-hydrogen) atoms. The van der Waals surface area contributed by atoms with Crippen molar-refractivity contribution in [1.29, 1.82) is 0 Å². The van der Waals surface area contributed by atoms with Gasteiger partial charge in [-0.25, -0.2) is 0 Å². The minimum absolute atomic E-state index is 0.0235. The van der Waals surface area contributed by atoms with Crippen LogP contribution in [0.4, 0.5) is 0 Å². The van der Waals surface area contributed by atoms with Gasteiger partial charge < -0.3 is 11.1 Å². The standard InChI is InChI=1S/C11H20N2O/c1-5-6-7-10(14)13-11(4,8-12)9(2)3/h1,9H,6-8,12H2,2-4H3,(H,13,14). The van der Waals surface area contributed by atoms with E-state index in [9.17, 15) is 4.79 Å². The van der Waals surface area contributed by atoms with Gasteiger partial charge in [-0.2, -0.15) is 0 Å². The molecule has 0 aliphatic rings. The van der Waals surface area contributed by atoms with E-state index in [4.69, 9.17) is 12.2 Å². The molecule has 1 amide bonds. The van der Waals surface area contributed by atoms with Crippen molar-refractivity contribution >= 4 is 5.91 Å². The number of carbonyl (C=O) groups is 1. The maximum Gasteiger partial charge on any atom is 0.221 e. The lowest BCUT2D eigenvalue weighted by molar-refractivity contribution is -0.123. The van der Waals surface area contributed by atoms with Crippen molar-refractivity contribution in [1.82, 2.24) is 5.32 Å². The van der Waals surface area contributed by atoms with E-state index >= 15 is 0 Å². The molecule has 0 saturated heterocycles. The fourth-order valence-electron chi connectivity index (χ4n) is 0.998. The molecule has 3 nitrogen and oxygen atoms in total. The average Bonchev–Trinajstić information content (AvgIpc) is 2.14. The lowest BCUT2D eigenvalue weighted by Crippen LogP contribution is -2.54. The number of nitrogens with two attached hydrogens (primary N) is 1. The summed E-state index contributed by atoms with van der Waals surface area (Å²) in [5, 5.41) is 2.92. The van der Waals surface area contributed by atoms with Crippen LogP contribution in [0.3, 0.4) is 0 Å². The van der Waals surface area contributed by atoms with E-state index in [1.54, 1.807) is 0 Å². The Morgan fingerprint density at radius 3 is 2.57 bits per heavy atom. The van der Waals surface area contributed by atoms with Crippen LogP contribution in [-0.2, 0) is 4.79 Å². The van der Waals surface area contributed by atoms with Crippen molar-refractivity contribution in [3.63, 3.8) is 0 Å². The van der Waals surface area contributed by atoms with Gasteiger partial charge in [0.1, 0.15) is 0 Å². The summed E-state index contributed by atoms with van der Waals surface area (Å²) in [7, 11) is 0. The van der Waals surface area contributed by atoms with Crippen molar-refractivity contribution in [3.05, 3.63) is 0 Å². The predicted molar refractivity (Wildman–Crippen MR) is 58.5 cm³/mol. The molecule has 0 aromatic rings. The first-order valence-electron chi connectivity index (χ1n) is 4.91. The highest BCUT2D eigenvalue weighted by Gasteiger charge is 2.27. The summed E-state index contributed by atoms with van der Waals surface area (Å²) < 4.78 is 0. The number of amides is 1. The van der Waals surface area contributed by atoms with E-state index in [2.05, 4.69) is 11.2 Å². The molecule has 0 saturated carbocycles. The summed E-state index contributed by atoms with van der Waals surface area (Å²) in [6.45, 7) is 6.46. The highest BCUT2D eigenvalue weighted by molar-refractivity contribution is 5.77. The number of rotatable bonds is 5. The van der Waals surface area contributed by atoms with Crippen LogP contribution in [0.25, 0.3) is 0 Å². The summed E-state index contributed by atoms with van der Waals surface area (Å²) in [6, 6.07) is 0. The minimum atomic E-state index is -0.328. The van der Waals surface area contributed by atoms with Crippen LogP contribution in [-0.4, -0.2) is 18.0 Å². The number of carbonyl (C=O) groups excluding carboxylic acids is 1. The fraction of sp³-hybridized carbons (Fsp3) is 0.727. The molecule has 1 atom stereocenters. The van der Waals surface area contributed by atoms with Gasteiger partial charge >= 0.3 is 0 Å². The second-order valence-corrected chi connectivity index (χ2v) is 4.03. The highest BCUT2D eigenvalue weighted by Crippen LogP contribution is 2.14. The third kappa shape index (κ3) is 3.80. The normalized spacial score (nSPS) is 14.6. The van der Waals surface area contributed by atoms with Gasteiger partial charge in [-0.15, -0.1) is 12.3 Å². The van der Waals surface area contributed by atoms with Gasteiger partial charge in [-0.1, -0.05) is 13.8 Å². The molecule has 0 radical (unpaired) electrons. The van der Waals surface area contributed by atoms with Crippen LogP contribution in [0.15, 0.2) is 0 Å². The van der Waals surface area contributed by atoms with Crippen LogP contribution in [0.1, 0.15) is 33.6 Å². The van der Waals surface area contributed by atoms with Gasteiger partial charge in [0.15, 0.2) is 0 Å². The van der Waals surface area contributed by atoms with E-state index in [1.165, 1.54) is 0 Å². The van der Waals surface area contributed by atoms with Gasteiger partial charge in [0, 0.05) is 19.4 Å². The Labute approximate surface area is 86.4 Å². The zero-order valence-corrected chi connectivity index (χ0v) is 9.26. The van der Waals surface area contributed by atoms with Gasteiger partial charge in [0.05, 0.1) is 5.54 Å². The molecule has 3 heteroatoms. The first kappa shape index (κ1) is 13.0. The summed E-state index contributed by atoms with van der Waals surface area (Å²) in [5.74, 6) is 2.72. The van der Waals surface area contributed by atoms with Crippen molar-refractivity contribution in [2.45, 2.75) is 39.2 Å². The molecule has 1 unspecified atom stereocenters. The Balaban J connectivity index is 4.19. The highest BCUT2D eigenvalue weighted by atomic mass is 16.1. The molecular formula is C11H20N2O. The topological polar surface area (TPSA) is 55.1 Å². The summed E-state index contributed by atoms with van der Waals surface area (Å²) in [5.41, 5.74) is 5.30. The maximum absolute atomic E-state index is 11.4. The number of terminal acetylenes is 1. The van der Waals surface area contributed by atoms with Crippen LogP contribution in [0, 0.1) is 18.3 Å². The van der Waals surface area contributed by atoms with Gasteiger partial charge in [0.25, 0.3) is 0 Å². The fourth-order valence-corrected chi connectivity index (χ4v) is 0.998. The maximum atomic E-state index is 11.4. The molecular weight excluding hydrogens is 176 g/mol. The molecule has 0 heterocycles. The van der Waals surface area contributed by atoms with Gasteiger partial charge in [0.2, 0.25) is 5.91 Å². The van der Waals surface area contributed by atoms with Crippen molar-refractivity contribution in [2.24, 2.45) is 11.7 Å². The largest absolute Gasteiger partial charge is 0.349 e. The third-order valence-electron chi connectivity index (χ3n) is 2.62. The Kier molecular flexibility index (Phi) is 5.26. The second kappa shape index (κ2) is 5.66. The number of hydrogen-bond donors (Lipinski definition) is 2. The number of nitrogens with one attached hydrogen (secondary N) is 1. The zero-order valence-electron chi connectivity index (χ0n) is 9.26. The Bertz CT molecular complexity index is 230. The van der Waals surface area contributed by atoms with E-state index in [0.717, 1.165) is 0 Å². The summed E-state index contributed by atoms with van der Waals surface area (Å²) >= 11 is 0. The Hall–Kier alpha value is -1.01. The van der Waals surface area contributed by atoms with Gasteiger partial charge in [-0.05, 0) is 12.8 Å². The first-order chi connectivity index (χ1) is 6.46. The minimum Gasteiger partial charge on any atom is -0.349 e. The van der Waals surface area contributed by atoms with Crippen LogP contribution >= 0.6 is 0 Å². The summed E-state index contributed by atoms with van der Waals surface area (Å²) in [4.78, 5) is 11.4. The lowest BCUT2D eigenvalue weighted by Gasteiger charge is -2.33. The van der Waals surface area contributed by atoms with Crippen molar-refractivity contribution in [2.75, 3.05) is 6.54 Å². The molecule has 0 fully saturated rings.